The number of aromatic nitrogens is 1. The molecule has 1 heterocycles. The van der Waals surface area contributed by atoms with Crippen LogP contribution in [0.5, 0.6) is 0 Å². The average molecular weight is 268 g/mol. The van der Waals surface area contributed by atoms with E-state index < -0.39 is 5.97 Å². The molecule has 1 amide bonds. The highest BCUT2D eigenvalue weighted by Crippen LogP contribution is 2.15. The number of carboxylic acid groups (broad SMARTS) is 1. The van der Waals surface area contributed by atoms with Crippen LogP contribution in [0.2, 0.25) is 0 Å². The van der Waals surface area contributed by atoms with E-state index in [9.17, 15) is 9.59 Å². The molecule has 0 radical (unpaired) electrons. The molecule has 0 aliphatic rings. The Kier molecular flexibility index (Phi) is 5.54. The van der Waals surface area contributed by atoms with E-state index in [-0.39, 0.29) is 24.0 Å². The van der Waals surface area contributed by atoms with Crippen molar-refractivity contribution < 1.29 is 19.2 Å². The molecule has 6 nitrogen and oxygen atoms in total. The molecule has 0 fully saturated rings. The van der Waals surface area contributed by atoms with E-state index >= 15 is 0 Å². The Labute approximate surface area is 112 Å². The van der Waals surface area contributed by atoms with Gasteiger partial charge < -0.3 is 14.9 Å². The predicted octanol–water partition coefficient (Wildman–Crippen LogP) is 1.85. The third kappa shape index (κ3) is 5.11. The highest BCUT2D eigenvalue weighted by Gasteiger charge is 2.19. The second-order valence-electron chi connectivity index (χ2n) is 5.14. The van der Waals surface area contributed by atoms with Crippen molar-refractivity contribution in [2.75, 3.05) is 6.54 Å². The summed E-state index contributed by atoms with van der Waals surface area (Å²) < 4.78 is 4.84. The quantitative estimate of drug-likeness (QED) is 0.787. The van der Waals surface area contributed by atoms with Crippen molar-refractivity contribution >= 4 is 11.9 Å². The Morgan fingerprint density at radius 3 is 2.63 bits per heavy atom. The summed E-state index contributed by atoms with van der Waals surface area (Å²) >= 11 is 0. The molecule has 0 bridgehead atoms. The molecule has 0 saturated heterocycles. The summed E-state index contributed by atoms with van der Waals surface area (Å²) in [5.74, 6) is -0.721. The summed E-state index contributed by atoms with van der Waals surface area (Å²) in [5.41, 5.74) is 0.663. The van der Waals surface area contributed by atoms with E-state index in [1.165, 1.54) is 6.20 Å². The first-order chi connectivity index (χ1) is 8.90. The van der Waals surface area contributed by atoms with Gasteiger partial charge in [0.1, 0.15) is 0 Å². The van der Waals surface area contributed by atoms with Crippen LogP contribution in [0.3, 0.4) is 0 Å². The zero-order chi connectivity index (χ0) is 14.4. The minimum absolute atomic E-state index is 0.0495. The number of rotatable bonds is 7. The van der Waals surface area contributed by atoms with Gasteiger partial charge in [-0.05, 0) is 25.2 Å². The zero-order valence-electron chi connectivity index (χ0n) is 11.5. The fourth-order valence-corrected chi connectivity index (χ4v) is 1.98. The highest BCUT2D eigenvalue weighted by atomic mass is 16.5. The van der Waals surface area contributed by atoms with Crippen LogP contribution in [0.25, 0.3) is 0 Å². The van der Waals surface area contributed by atoms with E-state index in [1.54, 1.807) is 6.92 Å². The zero-order valence-corrected chi connectivity index (χ0v) is 11.5. The number of aryl methyl sites for hydroxylation is 1. The Hall–Kier alpha value is -1.85. The molecule has 0 spiro atoms. The molecule has 0 unspecified atom stereocenters. The summed E-state index contributed by atoms with van der Waals surface area (Å²) in [6.45, 7) is 6.10. The molecule has 106 valence electrons. The summed E-state index contributed by atoms with van der Waals surface area (Å²) in [4.78, 5) is 22.6. The van der Waals surface area contributed by atoms with Crippen LogP contribution in [0.1, 0.15) is 42.8 Å². The van der Waals surface area contributed by atoms with Crippen LogP contribution in [0.15, 0.2) is 10.7 Å². The van der Waals surface area contributed by atoms with Gasteiger partial charge in [0.15, 0.2) is 0 Å². The van der Waals surface area contributed by atoms with Gasteiger partial charge in [-0.2, -0.15) is 0 Å². The molecule has 0 aromatic carbocycles. The van der Waals surface area contributed by atoms with Crippen LogP contribution in [0, 0.1) is 18.8 Å². The van der Waals surface area contributed by atoms with Crippen LogP contribution >= 0.6 is 0 Å². The van der Waals surface area contributed by atoms with Crippen molar-refractivity contribution in [1.29, 1.82) is 0 Å². The summed E-state index contributed by atoms with van der Waals surface area (Å²) in [7, 11) is 0. The molecule has 1 rings (SSSR count). The number of carbonyl (C=O) groups is 2. The fourth-order valence-electron chi connectivity index (χ4n) is 1.98. The van der Waals surface area contributed by atoms with Crippen molar-refractivity contribution in [2.24, 2.45) is 11.8 Å². The number of nitrogens with one attached hydrogen (secondary N) is 1. The molecule has 2 N–H and O–H groups in total. The van der Waals surface area contributed by atoms with Crippen LogP contribution in [-0.4, -0.2) is 28.7 Å². The minimum atomic E-state index is -0.851. The maximum Gasteiger partial charge on any atom is 0.303 e. The van der Waals surface area contributed by atoms with Gasteiger partial charge in [-0.1, -0.05) is 19.0 Å². The largest absolute Gasteiger partial charge is 0.481 e. The number of aliphatic carboxylic acids is 1. The number of carboxylic acids is 1. The van der Waals surface area contributed by atoms with E-state index in [1.807, 2.05) is 13.8 Å². The molecule has 6 heteroatoms. The Balaban J connectivity index is 2.53. The molecular formula is C13H20N2O4. The van der Waals surface area contributed by atoms with Gasteiger partial charge in [-0.3, -0.25) is 9.59 Å². The molecule has 19 heavy (non-hydrogen) atoms. The number of carbonyl (C=O) groups excluding carboxylic acids is 1. The Morgan fingerprint density at radius 2 is 2.16 bits per heavy atom. The summed E-state index contributed by atoms with van der Waals surface area (Å²) in [6.07, 6.45) is 2.27. The Morgan fingerprint density at radius 1 is 1.47 bits per heavy atom. The third-order valence-electron chi connectivity index (χ3n) is 2.77. The fraction of sp³-hybridized carbons (Fsp3) is 0.615. The molecule has 1 aromatic rings. The second-order valence-corrected chi connectivity index (χ2v) is 5.14. The summed E-state index contributed by atoms with van der Waals surface area (Å²) in [5, 5.41) is 15.1. The first-order valence-electron chi connectivity index (χ1n) is 6.31. The topological polar surface area (TPSA) is 92.4 Å². The first kappa shape index (κ1) is 15.2. The summed E-state index contributed by atoms with van der Waals surface area (Å²) in [6, 6.07) is 0. The maximum atomic E-state index is 11.8. The van der Waals surface area contributed by atoms with Crippen LogP contribution in [0.4, 0.5) is 0 Å². The maximum absolute atomic E-state index is 11.8. The van der Waals surface area contributed by atoms with Crippen molar-refractivity contribution in [3.63, 3.8) is 0 Å². The Bertz CT molecular complexity index is 440. The lowest BCUT2D eigenvalue weighted by atomic mass is 9.94. The second kappa shape index (κ2) is 6.92. The van der Waals surface area contributed by atoms with Gasteiger partial charge in [0.05, 0.1) is 6.20 Å². The van der Waals surface area contributed by atoms with Gasteiger partial charge in [0.2, 0.25) is 5.76 Å². The van der Waals surface area contributed by atoms with Crippen molar-refractivity contribution in [3.8, 4) is 0 Å². The molecule has 1 atom stereocenters. The van der Waals surface area contributed by atoms with E-state index in [2.05, 4.69) is 10.5 Å². The minimum Gasteiger partial charge on any atom is -0.481 e. The van der Waals surface area contributed by atoms with Gasteiger partial charge in [0.25, 0.3) is 5.91 Å². The SMILES string of the molecule is Cc1cnoc1C(=O)NC[C@H](CC(=O)O)CC(C)C. The molecule has 0 aliphatic carbocycles. The first-order valence-corrected chi connectivity index (χ1v) is 6.31. The van der Waals surface area contributed by atoms with Gasteiger partial charge in [-0.25, -0.2) is 0 Å². The highest BCUT2D eigenvalue weighted by molar-refractivity contribution is 5.92. The average Bonchev–Trinajstić information content (AvgIpc) is 2.70. The van der Waals surface area contributed by atoms with Gasteiger partial charge >= 0.3 is 5.97 Å². The lowest BCUT2D eigenvalue weighted by Gasteiger charge is -2.17. The van der Waals surface area contributed by atoms with Crippen molar-refractivity contribution in [3.05, 3.63) is 17.5 Å². The molecule has 0 saturated carbocycles. The standard InChI is InChI=1S/C13H20N2O4/c1-8(2)4-10(5-11(16)17)7-14-13(18)12-9(3)6-15-19-12/h6,8,10H,4-5,7H2,1-3H3,(H,14,18)(H,16,17)/t10-/m0/s1. The van der Waals surface area contributed by atoms with E-state index in [4.69, 9.17) is 9.63 Å². The van der Waals surface area contributed by atoms with Gasteiger partial charge in [0, 0.05) is 18.5 Å². The molecule has 0 aliphatic heterocycles. The lowest BCUT2D eigenvalue weighted by Crippen LogP contribution is -2.31. The van der Waals surface area contributed by atoms with Crippen molar-refractivity contribution in [2.45, 2.75) is 33.6 Å². The molecule has 1 aromatic heterocycles. The van der Waals surface area contributed by atoms with Crippen LogP contribution in [-0.2, 0) is 4.79 Å². The monoisotopic (exact) mass is 268 g/mol. The number of hydrogen-bond donors (Lipinski definition) is 2. The molecular weight excluding hydrogens is 248 g/mol. The normalized spacial score (nSPS) is 12.4. The van der Waals surface area contributed by atoms with Crippen molar-refractivity contribution in [1.82, 2.24) is 10.5 Å². The smallest absolute Gasteiger partial charge is 0.303 e. The number of nitrogens with zero attached hydrogens (tertiary/aromatic N) is 1. The number of hydrogen-bond acceptors (Lipinski definition) is 4. The lowest BCUT2D eigenvalue weighted by molar-refractivity contribution is -0.138. The number of amides is 1. The van der Waals surface area contributed by atoms with E-state index in [0.717, 1.165) is 6.42 Å². The van der Waals surface area contributed by atoms with Crippen LogP contribution < -0.4 is 5.32 Å². The van der Waals surface area contributed by atoms with Gasteiger partial charge in [-0.15, -0.1) is 0 Å². The van der Waals surface area contributed by atoms with E-state index in [0.29, 0.717) is 18.0 Å². The third-order valence-corrected chi connectivity index (χ3v) is 2.77. The predicted molar refractivity (Wildman–Crippen MR) is 68.8 cm³/mol.